The molecule has 0 aliphatic carbocycles. The fourth-order valence-electron chi connectivity index (χ4n) is 3.33. The van der Waals surface area contributed by atoms with Gasteiger partial charge in [-0.2, -0.15) is 0 Å². The van der Waals surface area contributed by atoms with Crippen molar-refractivity contribution in [3.05, 3.63) is 71.9 Å². The Balaban J connectivity index is 1.50. The largest absolute Gasteiger partial charge is 0.461 e. The number of nitrogens with zero attached hydrogens (tertiary/aromatic N) is 4. The van der Waals surface area contributed by atoms with Gasteiger partial charge in [-0.3, -0.25) is 18.7 Å². The quantitative estimate of drug-likeness (QED) is 0.308. The molecular weight excluding hydrogens is 472 g/mol. The molecule has 0 bridgehead atoms. The van der Waals surface area contributed by atoms with Gasteiger partial charge in [0.25, 0.3) is 5.56 Å². The highest BCUT2D eigenvalue weighted by molar-refractivity contribution is 9.10. The normalized spacial score (nSPS) is 11.3. The van der Waals surface area contributed by atoms with Crippen LogP contribution >= 0.6 is 15.9 Å². The lowest BCUT2D eigenvalue weighted by atomic mass is 10.1. The van der Waals surface area contributed by atoms with Gasteiger partial charge in [0.1, 0.15) is 12.2 Å². The highest BCUT2D eigenvalue weighted by atomic mass is 79.9. The minimum absolute atomic E-state index is 0.0254. The van der Waals surface area contributed by atoms with E-state index >= 15 is 0 Å². The van der Waals surface area contributed by atoms with Crippen LogP contribution in [-0.2, 0) is 36.8 Å². The van der Waals surface area contributed by atoms with E-state index in [-0.39, 0.29) is 30.7 Å². The summed E-state index contributed by atoms with van der Waals surface area (Å²) in [6.45, 7) is 0.0525. The number of halogens is 1. The van der Waals surface area contributed by atoms with Crippen molar-refractivity contribution in [3.8, 4) is 0 Å². The molecule has 3 heterocycles. The van der Waals surface area contributed by atoms with Crippen molar-refractivity contribution < 1.29 is 13.9 Å². The summed E-state index contributed by atoms with van der Waals surface area (Å²) < 4.78 is 15.0. The molecule has 3 aromatic heterocycles. The van der Waals surface area contributed by atoms with Gasteiger partial charge in [0, 0.05) is 42.1 Å². The molecule has 4 rings (SSSR count). The third-order valence-electron chi connectivity index (χ3n) is 4.95. The van der Waals surface area contributed by atoms with Crippen LogP contribution < -0.4 is 16.9 Å². The van der Waals surface area contributed by atoms with Gasteiger partial charge in [-0.05, 0) is 18.2 Å². The third kappa shape index (κ3) is 3.83. The average molecular weight is 489 g/mol. The van der Waals surface area contributed by atoms with E-state index in [1.54, 1.807) is 18.2 Å². The predicted octanol–water partition coefficient (Wildman–Crippen LogP) is 1.44. The van der Waals surface area contributed by atoms with Crippen LogP contribution in [0.5, 0.6) is 0 Å². The molecule has 0 atom stereocenters. The minimum atomic E-state index is -0.539. The molecule has 0 aliphatic rings. The lowest BCUT2D eigenvalue weighted by Crippen LogP contribution is -2.37. The second-order valence-corrected chi connectivity index (χ2v) is 7.87. The number of rotatable bonds is 5. The number of carbonyl (C=O) groups excluding carboxylic acids is 1. The Morgan fingerprint density at radius 3 is 2.71 bits per heavy atom. The maximum atomic E-state index is 12.4. The maximum absolute atomic E-state index is 12.4. The van der Waals surface area contributed by atoms with Crippen LogP contribution in [0.2, 0.25) is 0 Å². The van der Waals surface area contributed by atoms with Gasteiger partial charge in [0.15, 0.2) is 11.2 Å². The van der Waals surface area contributed by atoms with Crippen molar-refractivity contribution in [2.45, 2.75) is 19.6 Å². The van der Waals surface area contributed by atoms with Gasteiger partial charge >= 0.3 is 17.3 Å². The van der Waals surface area contributed by atoms with Gasteiger partial charge < -0.3 is 13.7 Å². The summed E-state index contributed by atoms with van der Waals surface area (Å²) >= 11 is 3.32. The fourth-order valence-corrected chi connectivity index (χ4v) is 3.67. The number of hydrogen-bond donors (Lipinski definition) is 0. The summed E-state index contributed by atoms with van der Waals surface area (Å²) in [5.74, 6) is -0.512. The van der Waals surface area contributed by atoms with E-state index < -0.39 is 22.8 Å². The SMILES string of the molecule is Cn1c(=O)c2c(ncn2CCC(=O)OCc2cc(=O)oc3cc(Br)ccc23)n(C)c1=O. The van der Waals surface area contributed by atoms with Crippen LogP contribution in [-0.4, -0.2) is 24.7 Å². The van der Waals surface area contributed by atoms with Crippen molar-refractivity contribution in [3.63, 3.8) is 0 Å². The number of imidazole rings is 1. The number of ether oxygens (including phenoxy) is 1. The summed E-state index contributed by atoms with van der Waals surface area (Å²) in [6.07, 6.45) is 1.38. The lowest BCUT2D eigenvalue weighted by Gasteiger charge is -2.09. The Bertz CT molecular complexity index is 1510. The smallest absolute Gasteiger partial charge is 0.336 e. The minimum Gasteiger partial charge on any atom is -0.461 e. The predicted molar refractivity (Wildman–Crippen MR) is 115 cm³/mol. The molecular formula is C20H17BrN4O6. The third-order valence-corrected chi connectivity index (χ3v) is 5.45. The molecule has 1 aromatic carbocycles. The standard InChI is InChI=1S/C20H17BrN4O6/c1-23-18-17(19(28)24(2)20(23)29)25(10-22-18)6-5-15(26)30-9-11-7-16(27)31-14-8-12(21)3-4-13(11)14/h3-4,7-8,10H,5-6,9H2,1-2H3. The first-order valence-electron chi connectivity index (χ1n) is 9.25. The van der Waals surface area contributed by atoms with E-state index in [0.717, 1.165) is 9.04 Å². The Labute approximate surface area is 182 Å². The summed E-state index contributed by atoms with van der Waals surface area (Å²) in [6, 6.07) is 6.52. The Morgan fingerprint density at radius 2 is 1.94 bits per heavy atom. The van der Waals surface area contributed by atoms with Crippen molar-refractivity contribution in [2.24, 2.45) is 14.1 Å². The first-order chi connectivity index (χ1) is 14.8. The number of esters is 1. The van der Waals surface area contributed by atoms with Crippen molar-refractivity contribution in [1.82, 2.24) is 18.7 Å². The molecule has 0 unspecified atom stereocenters. The molecule has 0 fully saturated rings. The number of benzene rings is 1. The summed E-state index contributed by atoms with van der Waals surface area (Å²) in [5.41, 5.74) is -0.109. The second-order valence-electron chi connectivity index (χ2n) is 6.96. The molecule has 160 valence electrons. The Kier molecular flexibility index (Phi) is 5.36. The van der Waals surface area contributed by atoms with Gasteiger partial charge in [-0.1, -0.05) is 15.9 Å². The summed E-state index contributed by atoms with van der Waals surface area (Å²) in [4.78, 5) is 52.7. The first kappa shape index (κ1) is 20.8. The molecule has 4 aromatic rings. The fraction of sp³-hybridized carbons (Fsp3) is 0.250. The van der Waals surface area contributed by atoms with Crippen LogP contribution in [0.15, 0.2) is 53.9 Å². The number of aromatic nitrogens is 4. The van der Waals surface area contributed by atoms with Crippen LogP contribution in [0.25, 0.3) is 22.1 Å². The first-order valence-corrected chi connectivity index (χ1v) is 10.0. The molecule has 0 spiro atoms. The molecule has 0 aliphatic heterocycles. The zero-order valence-corrected chi connectivity index (χ0v) is 18.2. The average Bonchev–Trinajstić information content (AvgIpc) is 3.16. The van der Waals surface area contributed by atoms with Crippen LogP contribution in [0.4, 0.5) is 0 Å². The van der Waals surface area contributed by atoms with Gasteiger partial charge in [0.05, 0.1) is 12.7 Å². The number of carbonyl (C=O) groups is 1. The van der Waals surface area contributed by atoms with Gasteiger partial charge in [0.2, 0.25) is 0 Å². The second kappa shape index (κ2) is 7.99. The van der Waals surface area contributed by atoms with E-state index in [9.17, 15) is 19.2 Å². The summed E-state index contributed by atoms with van der Waals surface area (Å²) in [5, 5.41) is 0.667. The van der Waals surface area contributed by atoms with Gasteiger partial charge in [-0.15, -0.1) is 0 Å². The molecule has 0 radical (unpaired) electrons. The van der Waals surface area contributed by atoms with Gasteiger partial charge in [-0.25, -0.2) is 14.6 Å². The molecule has 10 nitrogen and oxygen atoms in total. The van der Waals surface area contributed by atoms with E-state index in [1.165, 1.54) is 35.6 Å². The van der Waals surface area contributed by atoms with Crippen LogP contribution in [0.3, 0.4) is 0 Å². The number of hydrogen-bond acceptors (Lipinski definition) is 7. The Morgan fingerprint density at radius 1 is 1.16 bits per heavy atom. The highest BCUT2D eigenvalue weighted by Gasteiger charge is 2.15. The number of fused-ring (bicyclic) bond motifs is 2. The van der Waals surface area contributed by atoms with E-state index in [4.69, 9.17) is 9.15 Å². The van der Waals surface area contributed by atoms with E-state index in [0.29, 0.717) is 16.5 Å². The molecule has 0 saturated carbocycles. The van der Waals surface area contributed by atoms with Crippen LogP contribution in [0, 0.1) is 0 Å². The summed E-state index contributed by atoms with van der Waals surface area (Å²) in [7, 11) is 2.91. The highest BCUT2D eigenvalue weighted by Crippen LogP contribution is 2.22. The Hall–Kier alpha value is -3.47. The zero-order valence-electron chi connectivity index (χ0n) is 16.6. The molecule has 0 saturated heterocycles. The molecule has 0 amide bonds. The monoisotopic (exact) mass is 488 g/mol. The lowest BCUT2D eigenvalue weighted by molar-refractivity contribution is -0.145. The molecule has 0 N–H and O–H groups in total. The van der Waals surface area contributed by atoms with E-state index in [1.807, 2.05) is 0 Å². The maximum Gasteiger partial charge on any atom is 0.336 e. The van der Waals surface area contributed by atoms with Crippen LogP contribution in [0.1, 0.15) is 12.0 Å². The topological polar surface area (TPSA) is 118 Å². The van der Waals surface area contributed by atoms with Crippen molar-refractivity contribution in [2.75, 3.05) is 0 Å². The zero-order chi connectivity index (χ0) is 22.3. The molecule has 11 heteroatoms. The molecule has 31 heavy (non-hydrogen) atoms. The van der Waals surface area contributed by atoms with E-state index in [2.05, 4.69) is 20.9 Å². The number of aryl methyl sites for hydroxylation is 2. The van der Waals surface area contributed by atoms with Crippen molar-refractivity contribution in [1.29, 1.82) is 0 Å². The van der Waals surface area contributed by atoms with Crippen molar-refractivity contribution >= 4 is 44.0 Å².